The molecule has 0 bridgehead atoms. The molecule has 0 spiro atoms. The molecule has 0 aromatic heterocycles. The van der Waals surface area contributed by atoms with Gasteiger partial charge in [-0.05, 0) is 18.2 Å². The molecule has 1 aromatic rings. The fourth-order valence-corrected chi connectivity index (χ4v) is 2.93. The Hall–Kier alpha value is -0.820. The number of sulfonamides is 1. The highest BCUT2D eigenvalue weighted by atomic mass is 35.5. The van der Waals surface area contributed by atoms with E-state index in [1.165, 1.54) is 37.7 Å². The van der Waals surface area contributed by atoms with Gasteiger partial charge in [0.25, 0.3) is 0 Å². The molecule has 0 aliphatic rings. The van der Waals surface area contributed by atoms with Crippen molar-refractivity contribution in [2.75, 3.05) is 34.4 Å². The third kappa shape index (κ3) is 3.35. The molecule has 5 nitrogen and oxygen atoms in total. The van der Waals surface area contributed by atoms with Gasteiger partial charge in [-0.3, -0.25) is 0 Å². The van der Waals surface area contributed by atoms with Crippen molar-refractivity contribution in [2.24, 2.45) is 0 Å². The van der Waals surface area contributed by atoms with Gasteiger partial charge in [0.15, 0.2) is 0 Å². The molecule has 0 atom stereocenters. The van der Waals surface area contributed by atoms with Crippen LogP contribution in [0.5, 0.6) is 5.75 Å². The van der Waals surface area contributed by atoms with Crippen molar-refractivity contribution in [2.45, 2.75) is 4.90 Å². The van der Waals surface area contributed by atoms with E-state index in [2.05, 4.69) is 0 Å². The Morgan fingerprint density at radius 3 is 2.56 bits per heavy atom. The van der Waals surface area contributed by atoms with Crippen LogP contribution >= 0.6 is 11.6 Å². The van der Waals surface area contributed by atoms with E-state index < -0.39 is 10.0 Å². The van der Waals surface area contributed by atoms with Crippen molar-refractivity contribution < 1.29 is 17.9 Å². The first-order valence-corrected chi connectivity index (χ1v) is 7.04. The van der Waals surface area contributed by atoms with Gasteiger partial charge in [-0.15, -0.1) is 0 Å². The maximum atomic E-state index is 12.3. The molecule has 0 saturated carbocycles. The van der Waals surface area contributed by atoms with Gasteiger partial charge in [-0.1, -0.05) is 11.6 Å². The molecule has 102 valence electrons. The molecule has 0 N–H and O–H groups in total. The lowest BCUT2D eigenvalue weighted by Gasteiger charge is -2.18. The summed E-state index contributed by atoms with van der Waals surface area (Å²) in [6.45, 7) is 0.577. The average Bonchev–Trinajstić information content (AvgIpc) is 2.35. The van der Waals surface area contributed by atoms with Crippen LogP contribution in [-0.2, 0) is 14.8 Å². The first-order chi connectivity index (χ1) is 8.43. The number of hydrogen-bond acceptors (Lipinski definition) is 4. The zero-order valence-electron chi connectivity index (χ0n) is 10.5. The van der Waals surface area contributed by atoms with Crippen LogP contribution in [0.3, 0.4) is 0 Å². The first-order valence-electron chi connectivity index (χ1n) is 5.22. The lowest BCUT2D eigenvalue weighted by Crippen LogP contribution is -2.30. The van der Waals surface area contributed by atoms with Gasteiger partial charge in [0.05, 0.1) is 13.7 Å². The minimum atomic E-state index is -3.63. The van der Waals surface area contributed by atoms with E-state index in [9.17, 15) is 8.42 Å². The van der Waals surface area contributed by atoms with Gasteiger partial charge in [-0.25, -0.2) is 8.42 Å². The van der Waals surface area contributed by atoms with Gasteiger partial charge in [0.1, 0.15) is 10.6 Å². The molecule has 1 rings (SSSR count). The van der Waals surface area contributed by atoms with Gasteiger partial charge < -0.3 is 9.47 Å². The van der Waals surface area contributed by atoms with Crippen LogP contribution in [0.25, 0.3) is 0 Å². The van der Waals surface area contributed by atoms with Gasteiger partial charge in [0, 0.05) is 25.7 Å². The molecule has 1 aromatic carbocycles. The maximum absolute atomic E-state index is 12.3. The second-order valence-electron chi connectivity index (χ2n) is 3.61. The fourth-order valence-electron chi connectivity index (χ4n) is 1.36. The van der Waals surface area contributed by atoms with Crippen molar-refractivity contribution in [3.05, 3.63) is 23.2 Å². The number of hydrogen-bond donors (Lipinski definition) is 0. The number of benzene rings is 1. The number of nitrogens with zero attached hydrogens (tertiary/aromatic N) is 1. The van der Waals surface area contributed by atoms with Crippen molar-refractivity contribution in [1.82, 2.24) is 4.31 Å². The van der Waals surface area contributed by atoms with Crippen molar-refractivity contribution >= 4 is 21.6 Å². The molecule has 0 radical (unpaired) electrons. The highest BCUT2D eigenvalue weighted by Gasteiger charge is 2.24. The maximum Gasteiger partial charge on any atom is 0.246 e. The standard InChI is InChI=1S/C11H16ClNO4S/c1-13(6-7-16-2)18(14,15)11-8-9(12)4-5-10(11)17-3/h4-5,8H,6-7H2,1-3H3. The Morgan fingerprint density at radius 1 is 1.33 bits per heavy atom. The SMILES string of the molecule is COCCN(C)S(=O)(=O)c1cc(Cl)ccc1OC. The summed E-state index contributed by atoms with van der Waals surface area (Å²) in [5, 5.41) is 0.342. The minimum absolute atomic E-state index is 0.0519. The van der Waals surface area contributed by atoms with Crippen LogP contribution in [-0.4, -0.2) is 47.1 Å². The van der Waals surface area contributed by atoms with E-state index in [4.69, 9.17) is 21.1 Å². The monoisotopic (exact) mass is 293 g/mol. The fraction of sp³-hybridized carbons (Fsp3) is 0.455. The molecular weight excluding hydrogens is 278 g/mol. The molecule has 18 heavy (non-hydrogen) atoms. The van der Waals surface area contributed by atoms with Crippen LogP contribution < -0.4 is 4.74 Å². The van der Waals surface area contributed by atoms with E-state index in [1.807, 2.05) is 0 Å². The normalized spacial score (nSPS) is 11.8. The Balaban J connectivity index is 3.14. The summed E-state index contributed by atoms with van der Waals surface area (Å²) >= 11 is 5.83. The molecule has 0 fully saturated rings. The zero-order valence-corrected chi connectivity index (χ0v) is 12.1. The van der Waals surface area contributed by atoms with Crippen molar-refractivity contribution in [3.8, 4) is 5.75 Å². The third-order valence-corrected chi connectivity index (χ3v) is 4.54. The topological polar surface area (TPSA) is 55.8 Å². The van der Waals surface area contributed by atoms with E-state index >= 15 is 0 Å². The molecule has 0 aliphatic carbocycles. The predicted octanol–water partition coefficient (Wildman–Crippen LogP) is 1.62. The second kappa shape index (κ2) is 6.38. The lowest BCUT2D eigenvalue weighted by atomic mass is 10.3. The predicted molar refractivity (Wildman–Crippen MR) is 69.7 cm³/mol. The van der Waals surface area contributed by atoms with E-state index in [-0.39, 0.29) is 17.2 Å². The number of methoxy groups -OCH3 is 2. The molecule has 0 amide bonds. The van der Waals surface area contributed by atoms with E-state index in [1.54, 1.807) is 6.07 Å². The van der Waals surface area contributed by atoms with E-state index in [0.29, 0.717) is 11.6 Å². The number of rotatable bonds is 6. The van der Waals surface area contributed by atoms with E-state index in [0.717, 1.165) is 0 Å². The minimum Gasteiger partial charge on any atom is -0.495 e. The van der Waals surface area contributed by atoms with Crippen LogP contribution in [0.2, 0.25) is 5.02 Å². The molecule has 7 heteroatoms. The van der Waals surface area contributed by atoms with Gasteiger partial charge in [0.2, 0.25) is 10.0 Å². The van der Waals surface area contributed by atoms with Crippen LogP contribution in [0.4, 0.5) is 0 Å². The van der Waals surface area contributed by atoms with Crippen molar-refractivity contribution in [3.63, 3.8) is 0 Å². The number of ether oxygens (including phenoxy) is 2. The smallest absolute Gasteiger partial charge is 0.246 e. The zero-order chi connectivity index (χ0) is 13.8. The summed E-state index contributed by atoms with van der Waals surface area (Å²) in [6, 6.07) is 4.48. The lowest BCUT2D eigenvalue weighted by molar-refractivity contribution is 0.185. The van der Waals surface area contributed by atoms with Gasteiger partial charge in [-0.2, -0.15) is 4.31 Å². The summed E-state index contributed by atoms with van der Waals surface area (Å²) in [6.07, 6.45) is 0. The molecule has 0 unspecified atom stereocenters. The van der Waals surface area contributed by atoms with Crippen LogP contribution in [0.15, 0.2) is 23.1 Å². The largest absolute Gasteiger partial charge is 0.495 e. The highest BCUT2D eigenvalue weighted by Crippen LogP contribution is 2.28. The first kappa shape index (κ1) is 15.2. The van der Waals surface area contributed by atoms with Gasteiger partial charge >= 0.3 is 0 Å². The summed E-state index contributed by atoms with van der Waals surface area (Å²) in [5.74, 6) is 0.267. The molecule has 0 saturated heterocycles. The van der Waals surface area contributed by atoms with Crippen LogP contribution in [0, 0.1) is 0 Å². The summed E-state index contributed by atoms with van der Waals surface area (Å²) in [7, 11) is 0.777. The quantitative estimate of drug-likeness (QED) is 0.800. The molecule has 0 aliphatic heterocycles. The summed E-state index contributed by atoms with van der Waals surface area (Å²) in [5.41, 5.74) is 0. The Kier molecular flexibility index (Phi) is 5.40. The second-order valence-corrected chi connectivity index (χ2v) is 6.06. The average molecular weight is 294 g/mol. The van der Waals surface area contributed by atoms with Crippen molar-refractivity contribution in [1.29, 1.82) is 0 Å². The summed E-state index contributed by atoms with van der Waals surface area (Å²) < 4.78 is 35.7. The summed E-state index contributed by atoms with van der Waals surface area (Å²) in [4.78, 5) is 0.0519. The number of likely N-dealkylation sites (N-methyl/N-ethyl adjacent to an activating group) is 1. The molecular formula is C11H16ClNO4S. The third-order valence-electron chi connectivity index (χ3n) is 2.42. The highest BCUT2D eigenvalue weighted by molar-refractivity contribution is 7.89. The Labute approximate surface area is 112 Å². The van der Waals surface area contributed by atoms with Crippen LogP contribution in [0.1, 0.15) is 0 Å². The Morgan fingerprint density at radius 2 is 2.00 bits per heavy atom. The Bertz CT molecular complexity index is 504. The number of halogens is 1. The molecule has 0 heterocycles.